The first-order valence-corrected chi connectivity index (χ1v) is 8.25. The van der Waals surface area contributed by atoms with E-state index in [0.717, 1.165) is 11.3 Å². The van der Waals surface area contributed by atoms with Crippen LogP contribution in [-0.2, 0) is 14.3 Å². The maximum atomic E-state index is 12.5. The Balaban J connectivity index is 2.22. The van der Waals surface area contributed by atoms with Crippen molar-refractivity contribution in [3.05, 3.63) is 53.8 Å². The van der Waals surface area contributed by atoms with Gasteiger partial charge in [0, 0.05) is 12.8 Å². The normalized spacial score (nSPS) is 16.7. The standard InChI is InChI=1S/C18H22N2O4S/c1-4-9-23-14-7-5-13(6-8-14)16-15(12(2)19-18(25)20-16)17(21)24-11-10-22-3/h4-8,16H,1,9-11H2,2-3H3,(H2,19,20,25). The number of hydrogen-bond acceptors (Lipinski definition) is 5. The van der Waals surface area contributed by atoms with E-state index in [1.165, 1.54) is 0 Å². The van der Waals surface area contributed by atoms with Gasteiger partial charge in [-0.15, -0.1) is 0 Å². The van der Waals surface area contributed by atoms with Gasteiger partial charge in [-0.1, -0.05) is 24.8 Å². The summed E-state index contributed by atoms with van der Waals surface area (Å²) in [5.74, 6) is 0.319. The third-order valence-corrected chi connectivity index (χ3v) is 3.81. The lowest BCUT2D eigenvalue weighted by atomic mass is 9.95. The Kier molecular flexibility index (Phi) is 6.97. The summed E-state index contributed by atoms with van der Waals surface area (Å²) in [5.41, 5.74) is 2.04. The first-order chi connectivity index (χ1) is 12.1. The maximum Gasteiger partial charge on any atom is 0.338 e. The molecule has 7 heteroatoms. The second-order valence-corrected chi connectivity index (χ2v) is 5.78. The number of allylic oxidation sites excluding steroid dienone is 1. The number of benzene rings is 1. The zero-order valence-electron chi connectivity index (χ0n) is 14.3. The molecule has 0 radical (unpaired) electrons. The Bertz CT molecular complexity index is 670. The molecule has 0 spiro atoms. The van der Waals surface area contributed by atoms with Gasteiger partial charge >= 0.3 is 5.97 Å². The molecule has 6 nitrogen and oxygen atoms in total. The van der Waals surface area contributed by atoms with Crippen LogP contribution < -0.4 is 15.4 Å². The molecule has 1 aliphatic rings. The van der Waals surface area contributed by atoms with Crippen molar-refractivity contribution < 1.29 is 19.0 Å². The lowest BCUT2D eigenvalue weighted by Gasteiger charge is -2.30. The topological polar surface area (TPSA) is 68.8 Å². The van der Waals surface area contributed by atoms with Crippen molar-refractivity contribution in [2.75, 3.05) is 26.9 Å². The number of ether oxygens (including phenoxy) is 3. The summed E-state index contributed by atoms with van der Waals surface area (Å²) >= 11 is 5.22. The first-order valence-electron chi connectivity index (χ1n) is 7.84. The molecule has 1 heterocycles. The van der Waals surface area contributed by atoms with Crippen molar-refractivity contribution >= 4 is 23.3 Å². The van der Waals surface area contributed by atoms with Crippen molar-refractivity contribution in [2.24, 2.45) is 0 Å². The molecule has 134 valence electrons. The van der Waals surface area contributed by atoms with E-state index in [0.29, 0.717) is 29.6 Å². The molecule has 0 fully saturated rings. The number of nitrogens with one attached hydrogen (secondary N) is 2. The molecule has 1 atom stereocenters. The Labute approximate surface area is 152 Å². The Morgan fingerprint density at radius 2 is 2.04 bits per heavy atom. The van der Waals surface area contributed by atoms with Gasteiger partial charge in [0.05, 0.1) is 18.2 Å². The zero-order valence-corrected chi connectivity index (χ0v) is 15.2. The van der Waals surface area contributed by atoms with Gasteiger partial charge < -0.3 is 24.8 Å². The largest absolute Gasteiger partial charge is 0.490 e. The fourth-order valence-corrected chi connectivity index (χ4v) is 2.69. The summed E-state index contributed by atoms with van der Waals surface area (Å²) in [6.45, 7) is 6.39. The Morgan fingerprint density at radius 3 is 2.68 bits per heavy atom. The first kappa shape index (κ1) is 19.0. The van der Waals surface area contributed by atoms with Gasteiger partial charge in [0.15, 0.2) is 5.11 Å². The SMILES string of the molecule is C=CCOc1ccc(C2NC(=S)NC(C)=C2C(=O)OCCOC)cc1. The fraction of sp³-hybridized carbons (Fsp3) is 0.333. The molecular weight excluding hydrogens is 340 g/mol. The number of thiocarbonyl (C=S) groups is 1. The van der Waals surface area contributed by atoms with Gasteiger partial charge in [0.2, 0.25) is 0 Å². The highest BCUT2D eigenvalue weighted by molar-refractivity contribution is 7.80. The third-order valence-electron chi connectivity index (χ3n) is 3.59. The average molecular weight is 362 g/mol. The van der Waals surface area contributed by atoms with Crippen molar-refractivity contribution in [3.8, 4) is 5.75 Å². The minimum Gasteiger partial charge on any atom is -0.490 e. The monoisotopic (exact) mass is 362 g/mol. The molecule has 25 heavy (non-hydrogen) atoms. The third kappa shape index (κ3) is 5.04. The second kappa shape index (κ2) is 9.19. The number of esters is 1. The molecule has 0 saturated carbocycles. The average Bonchev–Trinajstić information content (AvgIpc) is 2.59. The molecule has 0 saturated heterocycles. The predicted octanol–water partition coefficient (Wildman–Crippen LogP) is 2.23. The summed E-state index contributed by atoms with van der Waals surface area (Å²) in [4.78, 5) is 12.5. The number of carbonyl (C=O) groups is 1. The molecular formula is C18H22N2O4S. The number of rotatable bonds is 8. The molecule has 0 aliphatic carbocycles. The Morgan fingerprint density at radius 1 is 1.32 bits per heavy atom. The van der Waals surface area contributed by atoms with Gasteiger partial charge in [-0.3, -0.25) is 0 Å². The summed E-state index contributed by atoms with van der Waals surface area (Å²) in [7, 11) is 1.55. The van der Waals surface area contributed by atoms with Crippen LogP contribution in [0.5, 0.6) is 5.75 Å². The molecule has 2 rings (SSSR count). The van der Waals surface area contributed by atoms with Crippen LogP contribution in [0.25, 0.3) is 0 Å². The number of hydrogen-bond donors (Lipinski definition) is 2. The molecule has 1 aliphatic heterocycles. The summed E-state index contributed by atoms with van der Waals surface area (Å²) in [6.07, 6.45) is 1.68. The van der Waals surface area contributed by atoms with Crippen LogP contribution in [-0.4, -0.2) is 38.0 Å². The highest BCUT2D eigenvalue weighted by Gasteiger charge is 2.30. The summed E-state index contributed by atoms with van der Waals surface area (Å²) < 4.78 is 15.7. The van der Waals surface area contributed by atoms with Crippen molar-refractivity contribution in [3.63, 3.8) is 0 Å². The van der Waals surface area contributed by atoms with E-state index in [9.17, 15) is 4.79 Å². The minimum atomic E-state index is -0.408. The van der Waals surface area contributed by atoms with Crippen LogP contribution in [0.15, 0.2) is 48.2 Å². The lowest BCUT2D eigenvalue weighted by Crippen LogP contribution is -2.45. The quantitative estimate of drug-likeness (QED) is 0.318. The van der Waals surface area contributed by atoms with E-state index < -0.39 is 12.0 Å². The van der Waals surface area contributed by atoms with E-state index in [2.05, 4.69) is 17.2 Å². The zero-order chi connectivity index (χ0) is 18.2. The smallest absolute Gasteiger partial charge is 0.338 e. The van der Waals surface area contributed by atoms with E-state index in [-0.39, 0.29) is 6.61 Å². The van der Waals surface area contributed by atoms with Gasteiger partial charge in [0.1, 0.15) is 19.0 Å². The highest BCUT2D eigenvalue weighted by Crippen LogP contribution is 2.28. The van der Waals surface area contributed by atoms with Crippen LogP contribution in [0.3, 0.4) is 0 Å². The second-order valence-electron chi connectivity index (χ2n) is 5.37. The maximum absolute atomic E-state index is 12.5. The van der Waals surface area contributed by atoms with E-state index in [1.807, 2.05) is 24.3 Å². The van der Waals surface area contributed by atoms with Crippen LogP contribution in [0.4, 0.5) is 0 Å². The number of methoxy groups -OCH3 is 1. The highest BCUT2D eigenvalue weighted by atomic mass is 32.1. The molecule has 1 aromatic rings. The van der Waals surface area contributed by atoms with Gasteiger partial charge in [-0.05, 0) is 36.8 Å². The van der Waals surface area contributed by atoms with Crippen molar-refractivity contribution in [2.45, 2.75) is 13.0 Å². The molecule has 1 aromatic carbocycles. The molecule has 2 N–H and O–H groups in total. The molecule has 0 amide bonds. The van der Waals surface area contributed by atoms with E-state index in [1.54, 1.807) is 20.1 Å². The summed E-state index contributed by atoms with van der Waals surface area (Å²) in [5, 5.41) is 6.55. The predicted molar refractivity (Wildman–Crippen MR) is 99.3 cm³/mol. The van der Waals surface area contributed by atoms with Gasteiger partial charge in [-0.2, -0.15) is 0 Å². The van der Waals surface area contributed by atoms with Crippen LogP contribution in [0, 0.1) is 0 Å². The van der Waals surface area contributed by atoms with Crippen LogP contribution in [0.2, 0.25) is 0 Å². The molecule has 1 unspecified atom stereocenters. The molecule has 0 bridgehead atoms. The van der Waals surface area contributed by atoms with Crippen LogP contribution >= 0.6 is 12.2 Å². The van der Waals surface area contributed by atoms with Crippen molar-refractivity contribution in [1.82, 2.24) is 10.6 Å². The minimum absolute atomic E-state index is 0.192. The van der Waals surface area contributed by atoms with Crippen LogP contribution in [0.1, 0.15) is 18.5 Å². The van der Waals surface area contributed by atoms with E-state index >= 15 is 0 Å². The summed E-state index contributed by atoms with van der Waals surface area (Å²) in [6, 6.07) is 7.07. The number of carbonyl (C=O) groups excluding carboxylic acids is 1. The van der Waals surface area contributed by atoms with Gasteiger partial charge in [0.25, 0.3) is 0 Å². The lowest BCUT2D eigenvalue weighted by molar-refractivity contribution is -0.140. The van der Waals surface area contributed by atoms with Crippen molar-refractivity contribution in [1.29, 1.82) is 0 Å². The Hall–Kier alpha value is -2.38. The fourth-order valence-electron chi connectivity index (χ4n) is 2.42. The molecule has 0 aromatic heterocycles. The van der Waals surface area contributed by atoms with E-state index in [4.69, 9.17) is 26.4 Å². The van der Waals surface area contributed by atoms with Gasteiger partial charge in [-0.25, -0.2) is 4.79 Å².